The van der Waals surface area contributed by atoms with Crippen LogP contribution in [0.5, 0.6) is 0 Å². The summed E-state index contributed by atoms with van der Waals surface area (Å²) in [5.74, 6) is 0. The number of aromatic nitrogens is 1. The minimum atomic E-state index is 0.0943. The predicted molar refractivity (Wildman–Crippen MR) is 63.4 cm³/mol. The Labute approximate surface area is 89.2 Å². The molecule has 2 nitrogen and oxygen atoms in total. The third-order valence-electron chi connectivity index (χ3n) is 2.85. The lowest BCUT2D eigenvalue weighted by Gasteiger charge is -2.11. The van der Waals surface area contributed by atoms with Gasteiger partial charge in [0.05, 0.1) is 5.52 Å². The minimum absolute atomic E-state index is 0.0943. The highest BCUT2D eigenvalue weighted by Gasteiger charge is 2.06. The first-order valence-corrected chi connectivity index (χ1v) is 5.25. The topological polar surface area (TPSA) is 22.0 Å². The Balaban J connectivity index is 3.05. The molecule has 0 bridgehead atoms. The molecule has 0 amide bonds. The molecule has 0 N–H and O–H groups in total. The van der Waals surface area contributed by atoms with Crippen molar-refractivity contribution in [1.29, 1.82) is 0 Å². The van der Waals surface area contributed by atoms with Crippen molar-refractivity contribution in [3.63, 3.8) is 0 Å². The first-order chi connectivity index (χ1) is 7.15. The number of nitrogens with zero attached hydrogens (tertiary/aromatic N) is 1. The van der Waals surface area contributed by atoms with E-state index in [-0.39, 0.29) is 5.56 Å². The number of pyridine rings is 1. The number of fused-ring (bicyclic) bond motifs is 1. The van der Waals surface area contributed by atoms with Gasteiger partial charge in [-0.2, -0.15) is 0 Å². The molecule has 0 saturated heterocycles. The van der Waals surface area contributed by atoms with Crippen LogP contribution >= 0.6 is 0 Å². The Kier molecular flexibility index (Phi) is 2.35. The van der Waals surface area contributed by atoms with Gasteiger partial charge in [-0.1, -0.05) is 18.2 Å². The number of benzene rings is 1. The van der Waals surface area contributed by atoms with Gasteiger partial charge in [-0.3, -0.25) is 4.79 Å². The minimum Gasteiger partial charge on any atom is -0.308 e. The third kappa shape index (κ3) is 1.46. The summed E-state index contributed by atoms with van der Waals surface area (Å²) < 4.78 is 1.83. The van der Waals surface area contributed by atoms with Crippen LogP contribution in [0, 0.1) is 13.8 Å². The molecule has 1 aromatic heterocycles. The van der Waals surface area contributed by atoms with Crippen LogP contribution in [0.25, 0.3) is 10.9 Å². The Hall–Kier alpha value is -1.57. The molecule has 0 fully saturated rings. The van der Waals surface area contributed by atoms with E-state index in [9.17, 15) is 4.79 Å². The summed E-state index contributed by atoms with van der Waals surface area (Å²) in [6.07, 6.45) is 0. The highest BCUT2D eigenvalue weighted by atomic mass is 16.1. The number of rotatable bonds is 1. The lowest BCUT2D eigenvalue weighted by molar-refractivity contribution is 0.756. The zero-order chi connectivity index (χ0) is 11.0. The van der Waals surface area contributed by atoms with Crippen LogP contribution in [0.4, 0.5) is 0 Å². The molecule has 2 rings (SSSR count). The van der Waals surface area contributed by atoms with Gasteiger partial charge in [0, 0.05) is 18.0 Å². The molecule has 0 aliphatic rings. The van der Waals surface area contributed by atoms with Gasteiger partial charge in [0.25, 0.3) is 5.56 Å². The summed E-state index contributed by atoms with van der Waals surface area (Å²) >= 11 is 0. The van der Waals surface area contributed by atoms with E-state index >= 15 is 0 Å². The second-order valence-electron chi connectivity index (χ2n) is 3.88. The van der Waals surface area contributed by atoms with Crippen molar-refractivity contribution in [3.05, 3.63) is 45.7 Å². The van der Waals surface area contributed by atoms with Gasteiger partial charge in [0.2, 0.25) is 0 Å². The van der Waals surface area contributed by atoms with Crippen LogP contribution in [0.2, 0.25) is 0 Å². The monoisotopic (exact) mass is 201 g/mol. The molecule has 1 aromatic carbocycles. The van der Waals surface area contributed by atoms with E-state index in [2.05, 4.69) is 6.07 Å². The standard InChI is InChI=1S/C13H15NO/c1-4-14-12(15)8-10(3)11-7-5-6-9(2)13(11)14/h5-8H,4H2,1-3H3. The zero-order valence-corrected chi connectivity index (χ0v) is 9.37. The molecule has 2 aromatic rings. The molecular weight excluding hydrogens is 186 g/mol. The zero-order valence-electron chi connectivity index (χ0n) is 9.37. The van der Waals surface area contributed by atoms with E-state index in [1.807, 2.05) is 37.5 Å². The van der Waals surface area contributed by atoms with E-state index < -0.39 is 0 Å². The van der Waals surface area contributed by atoms with Crippen LogP contribution in [-0.4, -0.2) is 4.57 Å². The highest BCUT2D eigenvalue weighted by molar-refractivity contribution is 5.85. The van der Waals surface area contributed by atoms with Crippen molar-refractivity contribution in [3.8, 4) is 0 Å². The van der Waals surface area contributed by atoms with Crippen molar-refractivity contribution in [1.82, 2.24) is 4.57 Å². The average Bonchev–Trinajstić information content (AvgIpc) is 2.20. The van der Waals surface area contributed by atoms with Gasteiger partial charge in [0.15, 0.2) is 0 Å². The summed E-state index contributed by atoms with van der Waals surface area (Å²) in [5, 5.41) is 1.18. The van der Waals surface area contributed by atoms with Crippen LogP contribution < -0.4 is 5.56 Å². The normalized spacial score (nSPS) is 10.9. The third-order valence-corrected chi connectivity index (χ3v) is 2.85. The quantitative estimate of drug-likeness (QED) is 0.695. The smallest absolute Gasteiger partial charge is 0.251 e. The highest BCUT2D eigenvalue weighted by Crippen LogP contribution is 2.19. The van der Waals surface area contributed by atoms with E-state index in [1.54, 1.807) is 6.07 Å². The summed E-state index contributed by atoms with van der Waals surface area (Å²) in [6, 6.07) is 7.87. The van der Waals surface area contributed by atoms with Crippen LogP contribution in [0.3, 0.4) is 0 Å². The second-order valence-corrected chi connectivity index (χ2v) is 3.88. The maximum Gasteiger partial charge on any atom is 0.251 e. The molecule has 0 atom stereocenters. The molecule has 78 valence electrons. The van der Waals surface area contributed by atoms with E-state index in [0.29, 0.717) is 0 Å². The molecule has 0 saturated carbocycles. The van der Waals surface area contributed by atoms with Crippen LogP contribution in [0.1, 0.15) is 18.1 Å². The Bertz CT molecular complexity index is 566. The maximum atomic E-state index is 11.8. The molecule has 0 unspecified atom stereocenters. The summed E-state index contributed by atoms with van der Waals surface area (Å²) in [6.45, 7) is 6.76. The van der Waals surface area contributed by atoms with Crippen molar-refractivity contribution < 1.29 is 0 Å². The van der Waals surface area contributed by atoms with Crippen molar-refractivity contribution in [2.45, 2.75) is 27.3 Å². The fourth-order valence-corrected chi connectivity index (χ4v) is 2.10. The summed E-state index contributed by atoms with van der Waals surface area (Å²) in [5.41, 5.74) is 3.39. The number of aryl methyl sites for hydroxylation is 3. The molecule has 1 heterocycles. The average molecular weight is 201 g/mol. The van der Waals surface area contributed by atoms with Crippen LogP contribution in [-0.2, 0) is 6.54 Å². The van der Waals surface area contributed by atoms with E-state index in [0.717, 1.165) is 23.2 Å². The number of para-hydroxylation sites is 1. The molecule has 15 heavy (non-hydrogen) atoms. The van der Waals surface area contributed by atoms with Crippen molar-refractivity contribution in [2.75, 3.05) is 0 Å². The Morgan fingerprint density at radius 1 is 1.20 bits per heavy atom. The largest absolute Gasteiger partial charge is 0.308 e. The summed E-state index contributed by atoms with van der Waals surface area (Å²) in [7, 11) is 0. The second kappa shape index (κ2) is 3.54. The molecule has 0 radical (unpaired) electrons. The van der Waals surface area contributed by atoms with Gasteiger partial charge < -0.3 is 4.57 Å². The van der Waals surface area contributed by atoms with Crippen molar-refractivity contribution in [2.24, 2.45) is 0 Å². The molecule has 2 heteroatoms. The number of hydrogen-bond acceptors (Lipinski definition) is 1. The van der Waals surface area contributed by atoms with Gasteiger partial charge in [-0.05, 0) is 31.9 Å². The van der Waals surface area contributed by atoms with Gasteiger partial charge in [0.1, 0.15) is 0 Å². The van der Waals surface area contributed by atoms with Gasteiger partial charge >= 0.3 is 0 Å². The van der Waals surface area contributed by atoms with Gasteiger partial charge in [-0.15, -0.1) is 0 Å². The molecule has 0 aliphatic carbocycles. The Morgan fingerprint density at radius 3 is 2.60 bits per heavy atom. The molecule has 0 spiro atoms. The van der Waals surface area contributed by atoms with Crippen LogP contribution in [0.15, 0.2) is 29.1 Å². The fraction of sp³-hybridized carbons (Fsp3) is 0.308. The number of hydrogen-bond donors (Lipinski definition) is 0. The molecule has 0 aliphatic heterocycles. The summed E-state index contributed by atoms with van der Waals surface area (Å²) in [4.78, 5) is 11.8. The molecular formula is C13H15NO. The first kappa shape index (κ1) is 9.97. The lowest BCUT2D eigenvalue weighted by Crippen LogP contribution is -2.19. The van der Waals surface area contributed by atoms with Gasteiger partial charge in [-0.25, -0.2) is 0 Å². The SMILES string of the molecule is CCn1c(=O)cc(C)c2cccc(C)c21. The van der Waals surface area contributed by atoms with Crippen molar-refractivity contribution >= 4 is 10.9 Å². The maximum absolute atomic E-state index is 11.8. The first-order valence-electron chi connectivity index (χ1n) is 5.25. The predicted octanol–water partition coefficient (Wildman–Crippen LogP) is 2.64. The lowest BCUT2D eigenvalue weighted by atomic mass is 10.1. The fourth-order valence-electron chi connectivity index (χ4n) is 2.10. The van der Waals surface area contributed by atoms with E-state index in [1.165, 1.54) is 5.39 Å². The Morgan fingerprint density at radius 2 is 1.93 bits per heavy atom. The van der Waals surface area contributed by atoms with E-state index in [4.69, 9.17) is 0 Å².